The van der Waals surface area contributed by atoms with Gasteiger partial charge in [-0.25, -0.2) is 0 Å². The highest BCUT2D eigenvalue weighted by Crippen LogP contribution is 1.89. The van der Waals surface area contributed by atoms with E-state index in [4.69, 9.17) is 12.8 Å². The van der Waals surface area contributed by atoms with Crippen molar-refractivity contribution in [3.8, 4) is 23.7 Å². The first-order valence-corrected chi connectivity index (χ1v) is 2.71. The molecule has 0 aliphatic rings. The van der Waals surface area contributed by atoms with Gasteiger partial charge >= 0.3 is 0 Å². The summed E-state index contributed by atoms with van der Waals surface area (Å²) in [6, 6.07) is 0. The fourth-order valence-electron chi connectivity index (χ4n) is 0.372. The maximum atomic E-state index is 6.53. The molecule has 0 bridgehead atoms. The Morgan fingerprint density at radius 2 is 1.89 bits per heavy atom. The summed E-state index contributed by atoms with van der Waals surface area (Å²) in [5, 5.41) is 0. The van der Waals surface area contributed by atoms with Crippen molar-refractivity contribution in [1.29, 1.82) is 0 Å². The van der Waals surface area contributed by atoms with Gasteiger partial charge in [-0.05, 0) is 31.1 Å². The molecule has 42 valence electrons. The zero-order valence-electron chi connectivity index (χ0n) is 5.12. The summed E-state index contributed by atoms with van der Waals surface area (Å²) < 4.78 is 0. The van der Waals surface area contributed by atoms with Crippen LogP contribution in [0.25, 0.3) is 0 Å². The highest BCUT2D eigenvalue weighted by atomic mass is 13.8. The second kappa shape index (κ2) is 6.68. The van der Waals surface area contributed by atoms with Gasteiger partial charge in [0.25, 0.3) is 0 Å². The molecule has 0 spiro atoms. The molecular formula is C9H6. The van der Waals surface area contributed by atoms with E-state index in [0.717, 1.165) is 12.8 Å². The first-order chi connectivity index (χ1) is 4.41. The highest BCUT2D eigenvalue weighted by molar-refractivity contribution is 5.18. The maximum absolute atomic E-state index is 6.53. The van der Waals surface area contributed by atoms with Crippen molar-refractivity contribution in [2.24, 2.45) is 0 Å². The van der Waals surface area contributed by atoms with Crippen LogP contribution in [0.4, 0.5) is 0 Å². The largest absolute Gasteiger partial charge is 0.0891 e. The van der Waals surface area contributed by atoms with Crippen molar-refractivity contribution < 1.29 is 0 Å². The topological polar surface area (TPSA) is 0 Å². The molecule has 9 heavy (non-hydrogen) atoms. The Hall–Kier alpha value is -1.32. The standard InChI is InChI=1S/C9H6/c1-3-5-7-9-8-6-4-2/h5,7,9H2. The average molecular weight is 114 g/mol. The Kier molecular flexibility index (Phi) is 5.70. The second-order valence-electron chi connectivity index (χ2n) is 1.46. The normalized spacial score (nSPS) is 6.00. The summed E-state index contributed by atoms with van der Waals surface area (Å²) in [5.74, 6) is 9.31. The van der Waals surface area contributed by atoms with E-state index in [-0.39, 0.29) is 0 Å². The fourth-order valence-corrected chi connectivity index (χ4v) is 0.372. The molecule has 0 atom stereocenters. The number of hydrogen-bond acceptors (Lipinski definition) is 0. The number of rotatable bonds is 2. The lowest BCUT2D eigenvalue weighted by Gasteiger charge is -1.80. The Bertz CT molecular complexity index is 187. The molecule has 0 aliphatic carbocycles. The van der Waals surface area contributed by atoms with E-state index in [2.05, 4.69) is 17.8 Å². The van der Waals surface area contributed by atoms with Crippen LogP contribution in [-0.2, 0) is 0 Å². The Balaban J connectivity index is 3.14. The number of hydrogen-bond donors (Lipinski definition) is 0. The van der Waals surface area contributed by atoms with Crippen molar-refractivity contribution >= 4 is 0 Å². The van der Waals surface area contributed by atoms with Gasteiger partial charge < -0.3 is 0 Å². The summed E-state index contributed by atoms with van der Waals surface area (Å²) in [4.78, 5) is 0. The van der Waals surface area contributed by atoms with E-state index in [1.54, 1.807) is 0 Å². The van der Waals surface area contributed by atoms with Crippen LogP contribution in [0.5, 0.6) is 0 Å². The third-order valence-electron chi connectivity index (χ3n) is 0.754. The predicted molar refractivity (Wildman–Crippen MR) is 35.9 cm³/mol. The number of unbranched alkanes of at least 4 members (excludes halogenated alkanes) is 2. The molecule has 0 fully saturated rings. The average Bonchev–Trinajstić information content (AvgIpc) is 1.89. The van der Waals surface area contributed by atoms with E-state index < -0.39 is 0 Å². The minimum Gasteiger partial charge on any atom is -0.0891 e. The first kappa shape index (κ1) is 7.68. The molecule has 0 rings (SSSR count). The molecule has 0 unspecified atom stereocenters. The molecule has 0 aromatic rings. The lowest BCUT2D eigenvalue weighted by atomic mass is 10.2. The SMILES string of the molecule is [C]#CC#CCCCC#[C]. The van der Waals surface area contributed by atoms with Crippen molar-refractivity contribution in [3.05, 3.63) is 12.8 Å². The van der Waals surface area contributed by atoms with Gasteiger partial charge in [-0.2, -0.15) is 0 Å². The summed E-state index contributed by atoms with van der Waals surface area (Å²) in [5.41, 5.74) is 0. The first-order valence-electron chi connectivity index (χ1n) is 2.71. The highest BCUT2D eigenvalue weighted by Gasteiger charge is 1.76. The maximum Gasteiger partial charge on any atom is 0.0108 e. The molecule has 0 aromatic heterocycles. The van der Waals surface area contributed by atoms with Crippen LogP contribution in [0.2, 0.25) is 0 Å². The van der Waals surface area contributed by atoms with Crippen LogP contribution in [0.1, 0.15) is 19.3 Å². The van der Waals surface area contributed by atoms with Crippen molar-refractivity contribution in [2.45, 2.75) is 19.3 Å². The monoisotopic (exact) mass is 114 g/mol. The third kappa shape index (κ3) is 6.68. The van der Waals surface area contributed by atoms with Gasteiger partial charge in [-0.15, -0.1) is 0 Å². The van der Waals surface area contributed by atoms with Gasteiger partial charge in [-0.1, -0.05) is 11.8 Å². The fraction of sp³-hybridized carbons (Fsp3) is 0.333. The molecule has 2 radical (unpaired) electrons. The zero-order chi connectivity index (χ0) is 6.95. The van der Waals surface area contributed by atoms with Gasteiger partial charge in [0.2, 0.25) is 0 Å². The van der Waals surface area contributed by atoms with Crippen LogP contribution >= 0.6 is 0 Å². The van der Waals surface area contributed by atoms with Gasteiger partial charge in [0, 0.05) is 12.8 Å². The molecule has 0 nitrogen and oxygen atoms in total. The predicted octanol–water partition coefficient (Wildman–Crippen LogP) is 1.34. The van der Waals surface area contributed by atoms with E-state index in [0.29, 0.717) is 6.42 Å². The molecular weight excluding hydrogens is 108 g/mol. The van der Waals surface area contributed by atoms with E-state index in [9.17, 15) is 0 Å². The summed E-state index contributed by atoms with van der Waals surface area (Å²) in [6.45, 7) is 0. The lowest BCUT2D eigenvalue weighted by Crippen LogP contribution is -1.67. The molecule has 0 heterocycles. The van der Waals surface area contributed by atoms with E-state index >= 15 is 0 Å². The van der Waals surface area contributed by atoms with Gasteiger partial charge in [0.05, 0.1) is 0 Å². The van der Waals surface area contributed by atoms with E-state index in [1.807, 2.05) is 5.92 Å². The van der Waals surface area contributed by atoms with Gasteiger partial charge in [0.15, 0.2) is 0 Å². The minimum absolute atomic E-state index is 0.659. The lowest BCUT2D eigenvalue weighted by molar-refractivity contribution is 0.903. The molecule has 0 saturated heterocycles. The third-order valence-corrected chi connectivity index (χ3v) is 0.754. The zero-order valence-corrected chi connectivity index (χ0v) is 5.12. The molecule has 0 aliphatic heterocycles. The van der Waals surface area contributed by atoms with Crippen LogP contribution in [0, 0.1) is 36.5 Å². The van der Waals surface area contributed by atoms with Crippen molar-refractivity contribution in [2.75, 3.05) is 0 Å². The van der Waals surface area contributed by atoms with Crippen LogP contribution in [-0.4, -0.2) is 0 Å². The van der Waals surface area contributed by atoms with E-state index in [1.165, 1.54) is 0 Å². The van der Waals surface area contributed by atoms with Crippen molar-refractivity contribution in [3.63, 3.8) is 0 Å². The summed E-state index contributed by atoms with van der Waals surface area (Å²) in [6.07, 6.45) is 15.2. The Morgan fingerprint density at radius 3 is 2.44 bits per heavy atom. The van der Waals surface area contributed by atoms with Crippen LogP contribution in [0.3, 0.4) is 0 Å². The molecule has 0 heteroatoms. The molecule has 0 N–H and O–H groups in total. The molecule has 0 aromatic carbocycles. The summed E-state index contributed by atoms with van der Waals surface area (Å²) in [7, 11) is 0. The van der Waals surface area contributed by atoms with Crippen molar-refractivity contribution in [1.82, 2.24) is 0 Å². The molecule has 0 amide bonds. The Morgan fingerprint density at radius 1 is 1.11 bits per heavy atom. The van der Waals surface area contributed by atoms with Crippen LogP contribution in [0.15, 0.2) is 0 Å². The minimum atomic E-state index is 0.659. The van der Waals surface area contributed by atoms with Crippen LogP contribution < -0.4 is 0 Å². The second-order valence-corrected chi connectivity index (χ2v) is 1.46. The van der Waals surface area contributed by atoms with Gasteiger partial charge in [0.1, 0.15) is 0 Å². The quantitative estimate of drug-likeness (QED) is 0.375. The Labute approximate surface area is 56.7 Å². The smallest absolute Gasteiger partial charge is 0.0108 e. The summed E-state index contributed by atoms with van der Waals surface area (Å²) >= 11 is 0. The molecule has 0 saturated carbocycles. The van der Waals surface area contributed by atoms with Gasteiger partial charge in [-0.3, -0.25) is 0 Å².